The second-order valence-electron chi connectivity index (χ2n) is 11.6. The molecule has 0 aliphatic carbocycles. The molecule has 0 radical (unpaired) electrons. The van der Waals surface area contributed by atoms with E-state index in [1.807, 2.05) is 0 Å². The minimum atomic E-state index is -4.86. The normalized spacial score (nSPS) is 13.0. The van der Waals surface area contributed by atoms with E-state index >= 15 is 8.78 Å². The van der Waals surface area contributed by atoms with Gasteiger partial charge in [0.25, 0.3) is 0 Å². The number of ether oxygens (including phenoxy) is 1. The lowest BCUT2D eigenvalue weighted by Gasteiger charge is -2.28. The molecular formula is C30H31Cl2F2N2O8PS. The van der Waals surface area contributed by atoms with Crippen molar-refractivity contribution in [3.05, 3.63) is 99.1 Å². The molecule has 0 amide bonds. The van der Waals surface area contributed by atoms with Crippen LogP contribution in [0.1, 0.15) is 50.3 Å². The lowest BCUT2D eigenvalue weighted by molar-refractivity contribution is -0.0125. The SMILES string of the molecule is CC(C)(O)c1cn(-c2ccc(-c3cc(F)c(COCOP(=O)(O)O)c(S(C)(=O)=O)c3)cc2F)c(C(C)(C)c2c(Cl)cccc2Cl)n1. The third kappa shape index (κ3) is 7.87. The van der Waals surface area contributed by atoms with Gasteiger partial charge in [-0.3, -0.25) is 9.09 Å². The highest BCUT2D eigenvalue weighted by molar-refractivity contribution is 7.90. The van der Waals surface area contributed by atoms with E-state index in [0.29, 0.717) is 21.4 Å². The van der Waals surface area contributed by atoms with Crippen molar-refractivity contribution in [2.24, 2.45) is 0 Å². The van der Waals surface area contributed by atoms with E-state index in [9.17, 15) is 18.1 Å². The molecule has 0 atom stereocenters. The van der Waals surface area contributed by atoms with Crippen LogP contribution in [0.15, 0.2) is 59.6 Å². The van der Waals surface area contributed by atoms with Gasteiger partial charge in [0.1, 0.15) is 23.1 Å². The van der Waals surface area contributed by atoms with Crippen molar-refractivity contribution >= 4 is 40.9 Å². The molecule has 0 fully saturated rings. The van der Waals surface area contributed by atoms with E-state index in [2.05, 4.69) is 9.51 Å². The summed E-state index contributed by atoms with van der Waals surface area (Å²) in [7, 11) is -8.91. The minimum Gasteiger partial charge on any atom is -0.384 e. The Balaban J connectivity index is 1.81. The molecule has 1 aromatic heterocycles. The first-order chi connectivity index (χ1) is 21.1. The van der Waals surface area contributed by atoms with Gasteiger partial charge in [-0.05, 0) is 75.2 Å². The highest BCUT2D eigenvalue weighted by atomic mass is 35.5. The number of halogens is 4. The maximum atomic E-state index is 16.0. The smallest absolute Gasteiger partial charge is 0.384 e. The van der Waals surface area contributed by atoms with Crippen molar-refractivity contribution in [2.45, 2.75) is 50.2 Å². The van der Waals surface area contributed by atoms with Crippen LogP contribution in [-0.2, 0) is 41.3 Å². The molecule has 0 aliphatic rings. The fourth-order valence-electron chi connectivity index (χ4n) is 4.89. The lowest BCUT2D eigenvalue weighted by Crippen LogP contribution is -2.25. The van der Waals surface area contributed by atoms with Crippen molar-refractivity contribution < 1.29 is 45.9 Å². The maximum absolute atomic E-state index is 16.0. The van der Waals surface area contributed by atoms with Crippen LogP contribution in [0.3, 0.4) is 0 Å². The Hall–Kier alpha value is -2.71. The van der Waals surface area contributed by atoms with Gasteiger partial charge < -0.3 is 19.6 Å². The summed E-state index contributed by atoms with van der Waals surface area (Å²) < 4.78 is 77.8. The van der Waals surface area contributed by atoms with E-state index in [0.717, 1.165) is 24.5 Å². The van der Waals surface area contributed by atoms with Gasteiger partial charge in [0, 0.05) is 33.6 Å². The first-order valence-electron chi connectivity index (χ1n) is 13.5. The van der Waals surface area contributed by atoms with Crippen LogP contribution in [0.25, 0.3) is 16.8 Å². The molecule has 0 bridgehead atoms. The Bertz CT molecular complexity index is 1940. The summed E-state index contributed by atoms with van der Waals surface area (Å²) in [5, 5.41) is 11.5. The molecular weight excluding hydrogens is 688 g/mol. The molecule has 4 aromatic rings. The molecule has 3 N–H and O–H groups in total. The van der Waals surface area contributed by atoms with E-state index in [1.165, 1.54) is 36.7 Å². The number of aromatic nitrogens is 2. The third-order valence-corrected chi connectivity index (χ3v) is 9.36. The fourth-order valence-corrected chi connectivity index (χ4v) is 6.91. The average molecular weight is 720 g/mol. The molecule has 248 valence electrons. The van der Waals surface area contributed by atoms with Crippen molar-refractivity contribution in [1.82, 2.24) is 9.55 Å². The average Bonchev–Trinajstić information content (AvgIpc) is 3.37. The molecule has 3 aromatic carbocycles. The van der Waals surface area contributed by atoms with Gasteiger partial charge in [0.15, 0.2) is 16.6 Å². The molecule has 0 spiro atoms. The summed E-state index contributed by atoms with van der Waals surface area (Å²) >= 11 is 13.1. The van der Waals surface area contributed by atoms with Crippen LogP contribution in [0.2, 0.25) is 10.0 Å². The summed E-state index contributed by atoms with van der Waals surface area (Å²) in [5.41, 5.74) is -1.82. The Kier molecular flexibility index (Phi) is 10.3. The van der Waals surface area contributed by atoms with E-state index in [-0.39, 0.29) is 22.5 Å². The number of imidazole rings is 1. The zero-order valence-electron chi connectivity index (χ0n) is 25.3. The lowest BCUT2D eigenvalue weighted by atomic mass is 9.83. The van der Waals surface area contributed by atoms with Crippen molar-refractivity contribution in [3.8, 4) is 16.8 Å². The first kappa shape index (κ1) is 36.1. The van der Waals surface area contributed by atoms with Crippen molar-refractivity contribution in [1.29, 1.82) is 0 Å². The van der Waals surface area contributed by atoms with Crippen molar-refractivity contribution in [2.75, 3.05) is 13.0 Å². The number of hydrogen-bond donors (Lipinski definition) is 3. The Labute approximate surface area is 274 Å². The maximum Gasteiger partial charge on any atom is 0.471 e. The van der Waals surface area contributed by atoms with Crippen LogP contribution in [0, 0.1) is 11.6 Å². The van der Waals surface area contributed by atoms with Gasteiger partial charge in [0.05, 0.1) is 28.3 Å². The van der Waals surface area contributed by atoms with E-state index < -0.39 is 64.2 Å². The number of phosphoric acid groups is 1. The minimum absolute atomic E-state index is 0.0249. The predicted molar refractivity (Wildman–Crippen MR) is 169 cm³/mol. The van der Waals surface area contributed by atoms with Gasteiger partial charge in [-0.15, -0.1) is 0 Å². The van der Waals surface area contributed by atoms with Crippen LogP contribution in [0.5, 0.6) is 0 Å². The molecule has 4 rings (SSSR count). The zero-order chi connectivity index (χ0) is 34.4. The standard InChI is InChI=1S/C30H31Cl2F2N2O8PS/c1-29(2,27-20(31)7-6-8-21(27)32)28-35-26(30(3,4)37)14-36(28)24-10-9-17(11-23(24)34)18-12-22(33)19(25(13-18)46(5,41)42)15-43-16-44-45(38,39)40/h6-14,37H,15-16H2,1-5H3,(H2,38,39,40). The number of rotatable bonds is 11. The second kappa shape index (κ2) is 13.1. The van der Waals surface area contributed by atoms with Crippen LogP contribution < -0.4 is 0 Å². The topological polar surface area (TPSA) is 148 Å². The van der Waals surface area contributed by atoms with Gasteiger partial charge in [-0.1, -0.05) is 35.3 Å². The van der Waals surface area contributed by atoms with Gasteiger partial charge in [0.2, 0.25) is 0 Å². The molecule has 0 aliphatic heterocycles. The second-order valence-corrected chi connectivity index (χ2v) is 15.6. The quantitative estimate of drug-likeness (QED) is 0.0879. The molecule has 0 unspecified atom stereocenters. The molecule has 46 heavy (non-hydrogen) atoms. The molecule has 1 heterocycles. The summed E-state index contributed by atoms with van der Waals surface area (Å²) in [4.78, 5) is 21.8. The summed E-state index contributed by atoms with van der Waals surface area (Å²) in [6.07, 6.45) is 2.34. The van der Waals surface area contributed by atoms with Crippen LogP contribution in [-0.4, -0.2) is 45.9 Å². The van der Waals surface area contributed by atoms with Gasteiger partial charge >= 0.3 is 7.82 Å². The Morgan fingerprint density at radius 3 is 2.13 bits per heavy atom. The van der Waals surface area contributed by atoms with Crippen LogP contribution >= 0.6 is 31.0 Å². The summed E-state index contributed by atoms with van der Waals surface area (Å²) in [6, 6.07) is 11.1. The monoisotopic (exact) mass is 718 g/mol. The third-order valence-electron chi connectivity index (χ3n) is 7.12. The highest BCUT2D eigenvalue weighted by Crippen LogP contribution is 2.42. The fraction of sp³-hybridized carbons (Fsp3) is 0.300. The zero-order valence-corrected chi connectivity index (χ0v) is 28.5. The number of hydrogen-bond acceptors (Lipinski definition) is 7. The number of sulfone groups is 1. The highest BCUT2D eigenvalue weighted by Gasteiger charge is 2.36. The number of aliphatic hydroxyl groups is 1. The molecule has 10 nitrogen and oxygen atoms in total. The van der Waals surface area contributed by atoms with Gasteiger partial charge in [-0.25, -0.2) is 26.7 Å². The summed E-state index contributed by atoms with van der Waals surface area (Å²) in [6.45, 7) is 5.07. The Morgan fingerprint density at radius 1 is 0.978 bits per heavy atom. The predicted octanol–water partition coefficient (Wildman–Crippen LogP) is 6.66. The largest absolute Gasteiger partial charge is 0.471 e. The first-order valence-corrected chi connectivity index (χ1v) is 17.7. The molecule has 0 saturated carbocycles. The number of nitrogens with zero attached hydrogens (tertiary/aromatic N) is 2. The van der Waals surface area contributed by atoms with Crippen molar-refractivity contribution in [3.63, 3.8) is 0 Å². The van der Waals surface area contributed by atoms with Gasteiger partial charge in [-0.2, -0.15) is 0 Å². The summed E-state index contributed by atoms with van der Waals surface area (Å²) in [5.74, 6) is -1.48. The number of phosphoric ester groups is 1. The van der Waals surface area contributed by atoms with E-state index in [1.54, 1.807) is 32.0 Å². The molecule has 0 saturated heterocycles. The van der Waals surface area contributed by atoms with E-state index in [4.69, 9.17) is 37.7 Å². The van der Waals surface area contributed by atoms with Crippen LogP contribution in [0.4, 0.5) is 8.78 Å². The molecule has 16 heteroatoms. The Morgan fingerprint density at radius 2 is 1.59 bits per heavy atom. The number of benzene rings is 3.